The van der Waals surface area contributed by atoms with Gasteiger partial charge in [-0.15, -0.1) is 0 Å². The Bertz CT molecular complexity index is 524. The van der Waals surface area contributed by atoms with Crippen LogP contribution in [0.3, 0.4) is 0 Å². The maximum atomic E-state index is 12.2. The minimum absolute atomic E-state index is 0.0460. The number of likely N-dealkylation sites (N-methyl/N-ethyl adjacent to an activating group) is 2. The molecule has 2 amide bonds. The lowest BCUT2D eigenvalue weighted by Gasteiger charge is -2.23. The summed E-state index contributed by atoms with van der Waals surface area (Å²) in [5.41, 5.74) is 2.37. The smallest absolute Gasteiger partial charge is 0.236 e. The molecule has 24 heavy (non-hydrogen) atoms. The Kier molecular flexibility index (Phi) is 8.47. The van der Waals surface area contributed by atoms with Gasteiger partial charge < -0.3 is 10.2 Å². The number of aryl methyl sites for hydroxylation is 1. The van der Waals surface area contributed by atoms with Gasteiger partial charge in [0.15, 0.2) is 0 Å². The van der Waals surface area contributed by atoms with Gasteiger partial charge in [0, 0.05) is 13.1 Å². The Labute approximate surface area is 146 Å². The number of amides is 2. The van der Waals surface area contributed by atoms with Crippen molar-refractivity contribution in [3.8, 4) is 0 Å². The first kappa shape index (κ1) is 20.2. The lowest BCUT2D eigenvalue weighted by molar-refractivity contribution is -0.132. The van der Waals surface area contributed by atoms with Crippen molar-refractivity contribution in [3.05, 3.63) is 35.4 Å². The van der Waals surface area contributed by atoms with Gasteiger partial charge in [-0.3, -0.25) is 14.5 Å². The summed E-state index contributed by atoms with van der Waals surface area (Å²) < 4.78 is 0. The van der Waals surface area contributed by atoms with Crippen molar-refractivity contribution in [3.63, 3.8) is 0 Å². The first-order valence-corrected chi connectivity index (χ1v) is 8.75. The van der Waals surface area contributed by atoms with Gasteiger partial charge in [-0.25, -0.2) is 0 Å². The molecule has 134 valence electrons. The van der Waals surface area contributed by atoms with E-state index in [4.69, 9.17) is 0 Å². The molecule has 0 aromatic heterocycles. The van der Waals surface area contributed by atoms with Gasteiger partial charge in [-0.1, -0.05) is 31.2 Å². The molecule has 1 unspecified atom stereocenters. The first-order chi connectivity index (χ1) is 11.4. The van der Waals surface area contributed by atoms with Crippen molar-refractivity contribution >= 4 is 11.8 Å². The van der Waals surface area contributed by atoms with Crippen molar-refractivity contribution in [2.45, 2.75) is 40.2 Å². The number of benzene rings is 1. The second kappa shape index (κ2) is 10.1. The van der Waals surface area contributed by atoms with Gasteiger partial charge >= 0.3 is 0 Å². The van der Waals surface area contributed by atoms with Crippen molar-refractivity contribution in [1.29, 1.82) is 0 Å². The molecule has 0 radical (unpaired) electrons. The number of carbonyl (C=O) groups is 2. The van der Waals surface area contributed by atoms with Crippen LogP contribution in [-0.2, 0) is 16.0 Å². The maximum absolute atomic E-state index is 12.2. The maximum Gasteiger partial charge on any atom is 0.236 e. The minimum Gasteiger partial charge on any atom is -0.348 e. The van der Waals surface area contributed by atoms with E-state index in [0.717, 1.165) is 12.0 Å². The molecule has 0 aliphatic carbocycles. The Morgan fingerprint density at radius 1 is 1.04 bits per heavy atom. The van der Waals surface area contributed by atoms with Crippen LogP contribution in [0.5, 0.6) is 0 Å². The van der Waals surface area contributed by atoms with Crippen LogP contribution >= 0.6 is 0 Å². The zero-order valence-electron chi connectivity index (χ0n) is 15.6. The van der Waals surface area contributed by atoms with E-state index in [9.17, 15) is 9.59 Å². The Morgan fingerprint density at radius 3 is 2.12 bits per heavy atom. The normalized spacial score (nSPS) is 12.1. The Balaban J connectivity index is 2.47. The van der Waals surface area contributed by atoms with Crippen LogP contribution in [0.25, 0.3) is 0 Å². The predicted octanol–water partition coefficient (Wildman–Crippen LogP) is 2.23. The zero-order chi connectivity index (χ0) is 18.1. The van der Waals surface area contributed by atoms with Crippen molar-refractivity contribution in [1.82, 2.24) is 15.1 Å². The SMILES string of the molecule is CCc1ccc(C(C)NC(=O)CN(C)CC(=O)N(CC)CC)cc1. The van der Waals surface area contributed by atoms with E-state index in [-0.39, 0.29) is 30.9 Å². The molecule has 0 saturated carbocycles. The fraction of sp³-hybridized carbons (Fsp3) is 0.579. The van der Waals surface area contributed by atoms with Crippen molar-refractivity contribution in [2.24, 2.45) is 0 Å². The van der Waals surface area contributed by atoms with Crippen LogP contribution < -0.4 is 5.32 Å². The highest BCUT2D eigenvalue weighted by molar-refractivity contribution is 5.81. The number of carbonyl (C=O) groups excluding carboxylic acids is 2. The largest absolute Gasteiger partial charge is 0.348 e. The van der Waals surface area contributed by atoms with E-state index in [0.29, 0.717) is 13.1 Å². The number of nitrogens with zero attached hydrogens (tertiary/aromatic N) is 2. The van der Waals surface area contributed by atoms with Crippen molar-refractivity contribution < 1.29 is 9.59 Å². The van der Waals surface area contributed by atoms with Gasteiger partial charge in [0.25, 0.3) is 0 Å². The molecule has 0 bridgehead atoms. The summed E-state index contributed by atoms with van der Waals surface area (Å²) in [6, 6.07) is 8.24. The van der Waals surface area contributed by atoms with Gasteiger partial charge in [0.2, 0.25) is 11.8 Å². The molecule has 1 rings (SSSR count). The van der Waals surface area contributed by atoms with E-state index in [1.54, 1.807) is 16.8 Å². The Morgan fingerprint density at radius 2 is 1.62 bits per heavy atom. The standard InChI is InChI=1S/C19H31N3O2/c1-6-16-9-11-17(12-10-16)15(4)20-18(23)13-21(5)14-19(24)22(7-2)8-3/h9-12,15H,6-8,13-14H2,1-5H3,(H,20,23). The fourth-order valence-corrected chi connectivity index (χ4v) is 2.62. The topological polar surface area (TPSA) is 52.7 Å². The van der Waals surface area contributed by atoms with E-state index in [1.165, 1.54) is 5.56 Å². The van der Waals surface area contributed by atoms with Gasteiger partial charge in [-0.2, -0.15) is 0 Å². The van der Waals surface area contributed by atoms with Crippen LogP contribution in [-0.4, -0.2) is 54.8 Å². The van der Waals surface area contributed by atoms with Gasteiger partial charge in [-0.05, 0) is 45.4 Å². The molecule has 0 saturated heterocycles. The third-order valence-corrected chi connectivity index (χ3v) is 4.20. The molecule has 0 fully saturated rings. The van der Waals surface area contributed by atoms with Crippen LogP contribution in [0.1, 0.15) is 44.9 Å². The van der Waals surface area contributed by atoms with E-state index in [1.807, 2.05) is 20.8 Å². The highest BCUT2D eigenvalue weighted by Gasteiger charge is 2.16. The summed E-state index contributed by atoms with van der Waals surface area (Å²) >= 11 is 0. The van der Waals surface area contributed by atoms with E-state index < -0.39 is 0 Å². The number of hydrogen-bond donors (Lipinski definition) is 1. The number of hydrogen-bond acceptors (Lipinski definition) is 3. The summed E-state index contributed by atoms with van der Waals surface area (Å²) in [6.07, 6.45) is 1.01. The average molecular weight is 333 g/mol. The van der Waals surface area contributed by atoms with Crippen molar-refractivity contribution in [2.75, 3.05) is 33.2 Å². The molecule has 1 aromatic carbocycles. The lowest BCUT2D eigenvalue weighted by Crippen LogP contribution is -2.43. The zero-order valence-corrected chi connectivity index (χ0v) is 15.6. The molecule has 1 N–H and O–H groups in total. The molecule has 1 atom stereocenters. The van der Waals surface area contributed by atoms with Crippen LogP contribution in [0, 0.1) is 0 Å². The van der Waals surface area contributed by atoms with Gasteiger partial charge in [0.1, 0.15) is 0 Å². The summed E-state index contributed by atoms with van der Waals surface area (Å²) in [6.45, 7) is 9.87. The summed E-state index contributed by atoms with van der Waals surface area (Å²) in [5, 5.41) is 2.99. The highest BCUT2D eigenvalue weighted by atomic mass is 16.2. The molecule has 5 nitrogen and oxygen atoms in total. The summed E-state index contributed by atoms with van der Waals surface area (Å²) in [5.74, 6) is -0.0181. The first-order valence-electron chi connectivity index (χ1n) is 8.75. The average Bonchev–Trinajstić information content (AvgIpc) is 2.55. The molecule has 1 aromatic rings. The number of nitrogens with one attached hydrogen (secondary N) is 1. The molecule has 0 aliphatic rings. The molecule has 0 aliphatic heterocycles. The summed E-state index contributed by atoms with van der Waals surface area (Å²) in [4.78, 5) is 27.7. The lowest BCUT2D eigenvalue weighted by atomic mass is 10.1. The fourth-order valence-electron chi connectivity index (χ4n) is 2.62. The van der Waals surface area contributed by atoms with Crippen LogP contribution in [0.4, 0.5) is 0 Å². The number of rotatable bonds is 9. The third-order valence-electron chi connectivity index (χ3n) is 4.20. The third kappa shape index (κ3) is 6.32. The van der Waals surface area contributed by atoms with Crippen LogP contribution in [0.2, 0.25) is 0 Å². The second-order valence-corrected chi connectivity index (χ2v) is 6.12. The molecule has 0 spiro atoms. The molecule has 5 heteroatoms. The molecular formula is C19H31N3O2. The van der Waals surface area contributed by atoms with Crippen LogP contribution in [0.15, 0.2) is 24.3 Å². The monoisotopic (exact) mass is 333 g/mol. The van der Waals surface area contributed by atoms with E-state index in [2.05, 4.69) is 36.5 Å². The highest BCUT2D eigenvalue weighted by Crippen LogP contribution is 2.13. The predicted molar refractivity (Wildman–Crippen MR) is 97.8 cm³/mol. The minimum atomic E-state index is -0.0723. The quantitative estimate of drug-likeness (QED) is 0.754. The van der Waals surface area contributed by atoms with E-state index >= 15 is 0 Å². The molecule has 0 heterocycles. The Hall–Kier alpha value is -1.88. The summed E-state index contributed by atoms with van der Waals surface area (Å²) in [7, 11) is 1.79. The second-order valence-electron chi connectivity index (χ2n) is 6.12. The molecular weight excluding hydrogens is 302 g/mol. The van der Waals surface area contributed by atoms with Gasteiger partial charge in [0.05, 0.1) is 19.1 Å².